The molecule has 1 unspecified atom stereocenters. The molecule has 0 aliphatic heterocycles. The summed E-state index contributed by atoms with van der Waals surface area (Å²) in [6.07, 6.45) is 1.15. The van der Waals surface area contributed by atoms with Crippen LogP contribution in [-0.2, 0) is 0 Å². The number of likely N-dealkylation sites (N-methyl/N-ethyl adjacent to an activating group) is 1. The van der Waals surface area contributed by atoms with Crippen molar-refractivity contribution in [2.75, 3.05) is 33.8 Å². The number of ether oxygens (including phenoxy) is 1. The van der Waals surface area contributed by atoms with Gasteiger partial charge in [-0.25, -0.2) is 0 Å². The Bertz CT molecular complexity index is 382. The lowest BCUT2D eigenvalue weighted by Gasteiger charge is -2.17. The SMILES string of the molecule is CCCNC(C)c1ccc(OCCN(C)C)cc1Br. The standard InChI is InChI=1S/C15H25BrN2O/c1-5-8-17-12(2)14-7-6-13(11-15(14)16)19-10-9-18(3)4/h6-7,11-12,17H,5,8-10H2,1-4H3. The molecule has 1 aromatic carbocycles. The molecule has 1 rings (SSSR count). The highest BCUT2D eigenvalue weighted by molar-refractivity contribution is 9.10. The highest BCUT2D eigenvalue weighted by Crippen LogP contribution is 2.27. The monoisotopic (exact) mass is 328 g/mol. The number of hydrogen-bond donors (Lipinski definition) is 1. The van der Waals surface area contributed by atoms with Crippen molar-refractivity contribution < 1.29 is 4.74 Å². The number of hydrogen-bond acceptors (Lipinski definition) is 3. The van der Waals surface area contributed by atoms with Crippen molar-refractivity contribution in [2.24, 2.45) is 0 Å². The van der Waals surface area contributed by atoms with Gasteiger partial charge in [-0.15, -0.1) is 0 Å². The van der Waals surface area contributed by atoms with Crippen molar-refractivity contribution in [1.82, 2.24) is 10.2 Å². The van der Waals surface area contributed by atoms with E-state index in [-0.39, 0.29) is 0 Å². The molecule has 4 heteroatoms. The topological polar surface area (TPSA) is 24.5 Å². The molecule has 1 aromatic rings. The predicted octanol–water partition coefficient (Wildman–Crippen LogP) is 3.45. The molecule has 1 atom stereocenters. The lowest BCUT2D eigenvalue weighted by atomic mass is 10.1. The fourth-order valence-electron chi connectivity index (χ4n) is 1.77. The molecule has 0 amide bonds. The van der Waals surface area contributed by atoms with E-state index in [1.54, 1.807) is 0 Å². The van der Waals surface area contributed by atoms with Crippen molar-refractivity contribution in [1.29, 1.82) is 0 Å². The Morgan fingerprint density at radius 2 is 2.11 bits per heavy atom. The quantitative estimate of drug-likeness (QED) is 0.791. The summed E-state index contributed by atoms with van der Waals surface area (Å²) < 4.78 is 6.82. The molecule has 0 aliphatic carbocycles. The van der Waals surface area contributed by atoms with E-state index in [9.17, 15) is 0 Å². The first-order valence-electron chi connectivity index (χ1n) is 6.85. The number of rotatable bonds is 8. The summed E-state index contributed by atoms with van der Waals surface area (Å²) in [5.74, 6) is 0.917. The minimum Gasteiger partial charge on any atom is -0.492 e. The van der Waals surface area contributed by atoms with Crippen LogP contribution < -0.4 is 10.1 Å². The minimum absolute atomic E-state index is 0.352. The van der Waals surface area contributed by atoms with E-state index in [1.165, 1.54) is 5.56 Å². The maximum atomic E-state index is 5.72. The zero-order valence-corrected chi connectivity index (χ0v) is 14.0. The van der Waals surface area contributed by atoms with Crippen LogP contribution >= 0.6 is 15.9 Å². The van der Waals surface area contributed by atoms with Crippen LogP contribution in [-0.4, -0.2) is 38.7 Å². The van der Waals surface area contributed by atoms with Gasteiger partial charge in [-0.2, -0.15) is 0 Å². The molecule has 0 fully saturated rings. The molecule has 0 aliphatic rings. The van der Waals surface area contributed by atoms with Crippen molar-refractivity contribution >= 4 is 15.9 Å². The highest BCUT2D eigenvalue weighted by Gasteiger charge is 2.09. The molecule has 0 spiro atoms. The summed E-state index contributed by atoms with van der Waals surface area (Å²) >= 11 is 3.63. The van der Waals surface area contributed by atoms with E-state index in [0.717, 1.165) is 29.7 Å². The summed E-state index contributed by atoms with van der Waals surface area (Å²) in [7, 11) is 4.09. The first-order chi connectivity index (χ1) is 9.04. The molecule has 0 radical (unpaired) electrons. The second-order valence-electron chi connectivity index (χ2n) is 5.01. The van der Waals surface area contributed by atoms with Gasteiger partial charge in [0.05, 0.1) is 0 Å². The van der Waals surface area contributed by atoms with E-state index in [2.05, 4.69) is 52.1 Å². The molecular formula is C15H25BrN2O. The van der Waals surface area contributed by atoms with E-state index in [1.807, 2.05) is 20.2 Å². The lowest BCUT2D eigenvalue weighted by molar-refractivity contribution is 0.261. The first-order valence-corrected chi connectivity index (χ1v) is 7.64. The van der Waals surface area contributed by atoms with Gasteiger partial charge in [-0.1, -0.05) is 28.9 Å². The van der Waals surface area contributed by atoms with Crippen LogP contribution in [0.4, 0.5) is 0 Å². The number of benzene rings is 1. The van der Waals surface area contributed by atoms with Gasteiger partial charge in [0.1, 0.15) is 12.4 Å². The summed E-state index contributed by atoms with van der Waals surface area (Å²) in [6.45, 7) is 7.03. The predicted molar refractivity (Wildman–Crippen MR) is 84.9 cm³/mol. The third kappa shape index (κ3) is 5.93. The van der Waals surface area contributed by atoms with Gasteiger partial charge in [-0.05, 0) is 51.7 Å². The number of nitrogens with one attached hydrogen (secondary N) is 1. The fraction of sp³-hybridized carbons (Fsp3) is 0.600. The largest absolute Gasteiger partial charge is 0.492 e. The van der Waals surface area contributed by atoms with Crippen LogP contribution in [0.5, 0.6) is 5.75 Å². The zero-order chi connectivity index (χ0) is 14.3. The average molecular weight is 329 g/mol. The van der Waals surface area contributed by atoms with Gasteiger partial charge in [0.15, 0.2) is 0 Å². The van der Waals surface area contributed by atoms with Gasteiger partial charge in [0, 0.05) is 17.1 Å². The number of halogens is 1. The maximum Gasteiger partial charge on any atom is 0.120 e. The van der Waals surface area contributed by atoms with E-state index in [4.69, 9.17) is 4.74 Å². The summed E-state index contributed by atoms with van der Waals surface area (Å²) in [4.78, 5) is 2.11. The Morgan fingerprint density at radius 1 is 1.37 bits per heavy atom. The Balaban J connectivity index is 2.58. The summed E-state index contributed by atoms with van der Waals surface area (Å²) in [5, 5.41) is 3.49. The molecule has 3 nitrogen and oxygen atoms in total. The van der Waals surface area contributed by atoms with Gasteiger partial charge in [0.2, 0.25) is 0 Å². The summed E-state index contributed by atoms with van der Waals surface area (Å²) in [6, 6.07) is 6.57. The maximum absolute atomic E-state index is 5.72. The third-order valence-corrected chi connectivity index (χ3v) is 3.63. The Labute approximate surface area is 125 Å². The fourth-order valence-corrected chi connectivity index (χ4v) is 2.47. The van der Waals surface area contributed by atoms with Crippen LogP contribution in [0.15, 0.2) is 22.7 Å². The molecule has 19 heavy (non-hydrogen) atoms. The van der Waals surface area contributed by atoms with E-state index >= 15 is 0 Å². The molecule has 0 saturated heterocycles. The Kier molecular flexibility index (Phi) is 7.42. The molecule has 1 N–H and O–H groups in total. The minimum atomic E-state index is 0.352. The Hall–Kier alpha value is -0.580. The number of nitrogens with zero attached hydrogens (tertiary/aromatic N) is 1. The Morgan fingerprint density at radius 3 is 2.68 bits per heavy atom. The molecule has 0 bridgehead atoms. The van der Waals surface area contributed by atoms with Gasteiger partial charge >= 0.3 is 0 Å². The molecule has 0 heterocycles. The van der Waals surface area contributed by atoms with Crippen LogP contribution in [0.25, 0.3) is 0 Å². The van der Waals surface area contributed by atoms with Crippen LogP contribution in [0.1, 0.15) is 31.9 Å². The van der Waals surface area contributed by atoms with Crippen molar-refractivity contribution in [3.63, 3.8) is 0 Å². The van der Waals surface area contributed by atoms with Gasteiger partial charge in [-0.3, -0.25) is 0 Å². The van der Waals surface area contributed by atoms with Crippen LogP contribution in [0.3, 0.4) is 0 Å². The third-order valence-electron chi connectivity index (χ3n) is 2.95. The highest BCUT2D eigenvalue weighted by atomic mass is 79.9. The van der Waals surface area contributed by atoms with Crippen molar-refractivity contribution in [3.05, 3.63) is 28.2 Å². The lowest BCUT2D eigenvalue weighted by Crippen LogP contribution is -2.20. The zero-order valence-electron chi connectivity index (χ0n) is 12.4. The van der Waals surface area contributed by atoms with Crippen molar-refractivity contribution in [2.45, 2.75) is 26.3 Å². The molecule has 0 aromatic heterocycles. The smallest absolute Gasteiger partial charge is 0.120 e. The van der Waals surface area contributed by atoms with E-state index in [0.29, 0.717) is 12.6 Å². The van der Waals surface area contributed by atoms with Crippen LogP contribution in [0.2, 0.25) is 0 Å². The molecular weight excluding hydrogens is 304 g/mol. The second kappa shape index (κ2) is 8.56. The molecule has 0 saturated carbocycles. The summed E-state index contributed by atoms with van der Waals surface area (Å²) in [5.41, 5.74) is 1.27. The van der Waals surface area contributed by atoms with Gasteiger partial charge < -0.3 is 15.0 Å². The van der Waals surface area contributed by atoms with Gasteiger partial charge in [0.25, 0.3) is 0 Å². The van der Waals surface area contributed by atoms with E-state index < -0.39 is 0 Å². The molecule has 108 valence electrons. The second-order valence-corrected chi connectivity index (χ2v) is 5.87. The normalized spacial score (nSPS) is 12.7. The van der Waals surface area contributed by atoms with Crippen LogP contribution in [0, 0.1) is 0 Å². The van der Waals surface area contributed by atoms with Crippen molar-refractivity contribution in [3.8, 4) is 5.75 Å². The average Bonchev–Trinajstić information content (AvgIpc) is 2.35. The first kappa shape index (κ1) is 16.5.